The summed E-state index contributed by atoms with van der Waals surface area (Å²) in [5.41, 5.74) is 2.02. The monoisotopic (exact) mass is 620 g/mol. The first kappa shape index (κ1) is 31.1. The Morgan fingerprint density at radius 1 is 1.16 bits per heavy atom. The van der Waals surface area contributed by atoms with E-state index in [1.807, 2.05) is 13.8 Å². The number of rotatable bonds is 10. The van der Waals surface area contributed by atoms with Crippen LogP contribution in [0.25, 0.3) is 5.76 Å². The van der Waals surface area contributed by atoms with E-state index in [1.165, 1.54) is 12.0 Å². The van der Waals surface area contributed by atoms with Gasteiger partial charge in [-0.1, -0.05) is 31.3 Å². The summed E-state index contributed by atoms with van der Waals surface area (Å²) in [6, 6.07) is 9.31. The van der Waals surface area contributed by atoms with Crippen LogP contribution in [0.4, 0.5) is 5.13 Å². The summed E-state index contributed by atoms with van der Waals surface area (Å²) in [4.78, 5) is 45.8. The molecule has 3 heterocycles. The van der Waals surface area contributed by atoms with Crippen molar-refractivity contribution in [3.8, 4) is 17.2 Å². The average Bonchev–Trinajstić information content (AvgIpc) is 3.64. The lowest BCUT2D eigenvalue weighted by atomic mass is 9.94. The Morgan fingerprint density at radius 3 is 2.64 bits per heavy atom. The van der Waals surface area contributed by atoms with E-state index in [0.717, 1.165) is 23.3 Å². The molecule has 5 rings (SSSR count). The van der Waals surface area contributed by atoms with Gasteiger partial charge in [0.15, 0.2) is 16.6 Å². The number of carbonyl (C=O) groups excluding carboxylic acids is 3. The van der Waals surface area contributed by atoms with Crippen LogP contribution >= 0.6 is 11.3 Å². The minimum Gasteiger partial charge on any atom is -0.507 e. The highest BCUT2D eigenvalue weighted by atomic mass is 32.1. The fourth-order valence-corrected chi connectivity index (χ4v) is 6.34. The number of aliphatic hydroxyl groups is 1. The molecular weight excluding hydrogens is 584 g/mol. The highest BCUT2D eigenvalue weighted by Gasteiger charge is 2.49. The zero-order valence-corrected chi connectivity index (χ0v) is 26.4. The van der Waals surface area contributed by atoms with Gasteiger partial charge in [0.1, 0.15) is 22.5 Å². The maximum Gasteiger partial charge on any atom is 0.350 e. The van der Waals surface area contributed by atoms with Crippen LogP contribution in [0.5, 0.6) is 17.2 Å². The van der Waals surface area contributed by atoms with E-state index in [2.05, 4.69) is 18.8 Å². The van der Waals surface area contributed by atoms with Crippen molar-refractivity contribution >= 4 is 39.9 Å². The highest BCUT2D eigenvalue weighted by Crippen LogP contribution is 2.46. The molecule has 232 valence electrons. The van der Waals surface area contributed by atoms with Crippen LogP contribution in [-0.2, 0) is 20.7 Å². The number of carbonyl (C=O) groups is 3. The molecule has 1 saturated heterocycles. The maximum absolute atomic E-state index is 13.7. The number of hydrogen-bond donors (Lipinski definition) is 1. The van der Waals surface area contributed by atoms with E-state index in [-0.39, 0.29) is 27.4 Å². The van der Waals surface area contributed by atoms with E-state index in [9.17, 15) is 19.5 Å². The lowest BCUT2D eigenvalue weighted by molar-refractivity contribution is -0.132. The fourth-order valence-electron chi connectivity index (χ4n) is 5.32. The number of methoxy groups -OCH3 is 1. The summed E-state index contributed by atoms with van der Waals surface area (Å²) >= 11 is 0.942. The SMILES string of the molecule is CCOc1cc([C@H]2/C(=C(\O)c3ccc4c(c3)C[C@@H](C)O4)C(=O)C(=O)N2c2nc(C)c(C(=O)OC)s2)ccc1OCCC(C)C. The number of Topliss-reactive ketones (excluding diaryl/α,β-unsaturated/α-hetero) is 1. The Balaban J connectivity index is 1.66. The molecule has 2 aromatic carbocycles. The lowest BCUT2D eigenvalue weighted by Crippen LogP contribution is -2.29. The van der Waals surface area contributed by atoms with E-state index in [4.69, 9.17) is 18.9 Å². The topological polar surface area (TPSA) is 124 Å². The van der Waals surface area contributed by atoms with Gasteiger partial charge in [0, 0.05) is 12.0 Å². The number of nitrogens with zero attached hydrogens (tertiary/aromatic N) is 2. The van der Waals surface area contributed by atoms with Crippen molar-refractivity contribution in [2.45, 2.75) is 59.6 Å². The van der Waals surface area contributed by atoms with Crippen molar-refractivity contribution in [2.24, 2.45) is 5.92 Å². The number of aromatic nitrogens is 1. The second-order valence-corrected chi connectivity index (χ2v) is 12.2. The number of benzene rings is 2. The molecule has 2 aliphatic heterocycles. The largest absolute Gasteiger partial charge is 0.507 e. The standard InChI is InChI=1S/C33H36N2O8S/c1-7-41-25-16-20(8-11-24(25)42-13-12-17(2)3)27-26(28(36)21-9-10-23-22(15-21)14-18(4)43-23)29(37)31(38)35(27)33-34-19(5)30(44-33)32(39)40-6/h8-11,15-18,27,36H,7,12-14H2,1-6H3/b28-26+/t18-,27+/m1/s1. The number of amides is 1. The second-order valence-electron chi connectivity index (χ2n) is 11.2. The van der Waals surface area contributed by atoms with Gasteiger partial charge in [0.2, 0.25) is 0 Å². The smallest absolute Gasteiger partial charge is 0.350 e. The molecule has 0 aliphatic carbocycles. The van der Waals surface area contributed by atoms with Crippen LogP contribution < -0.4 is 19.1 Å². The third-order valence-electron chi connectivity index (χ3n) is 7.51. The first-order valence-corrected chi connectivity index (χ1v) is 15.4. The molecule has 11 heteroatoms. The Bertz CT molecular complexity index is 1640. The number of hydrogen-bond acceptors (Lipinski definition) is 10. The quantitative estimate of drug-likeness (QED) is 0.126. The van der Waals surface area contributed by atoms with Crippen molar-refractivity contribution < 1.29 is 38.4 Å². The van der Waals surface area contributed by atoms with Crippen LogP contribution in [0.2, 0.25) is 0 Å². The minimum atomic E-state index is -1.07. The summed E-state index contributed by atoms with van der Waals surface area (Å²) in [7, 11) is 1.26. The van der Waals surface area contributed by atoms with Gasteiger partial charge in [-0.2, -0.15) is 0 Å². The molecule has 0 saturated carbocycles. The van der Waals surface area contributed by atoms with E-state index in [1.54, 1.807) is 43.3 Å². The van der Waals surface area contributed by atoms with Crippen molar-refractivity contribution in [1.29, 1.82) is 0 Å². The van der Waals surface area contributed by atoms with Crippen LogP contribution in [0, 0.1) is 12.8 Å². The second kappa shape index (κ2) is 12.7. The molecule has 3 aromatic rings. The normalized spacial score (nSPS) is 18.8. The third-order valence-corrected chi connectivity index (χ3v) is 8.65. The molecule has 1 fully saturated rings. The van der Waals surface area contributed by atoms with Crippen LogP contribution in [0.3, 0.4) is 0 Å². The molecule has 44 heavy (non-hydrogen) atoms. The summed E-state index contributed by atoms with van der Waals surface area (Å²) < 4.78 is 22.6. The van der Waals surface area contributed by atoms with Gasteiger partial charge in [0.05, 0.1) is 37.6 Å². The Kier molecular flexibility index (Phi) is 8.96. The fraction of sp³-hybridized carbons (Fsp3) is 0.394. The molecule has 0 bridgehead atoms. The molecule has 2 aliphatic rings. The molecule has 1 amide bonds. The number of thiazole rings is 1. The zero-order valence-electron chi connectivity index (χ0n) is 25.6. The van der Waals surface area contributed by atoms with Gasteiger partial charge in [0.25, 0.3) is 5.78 Å². The number of ketones is 1. The Hall–Kier alpha value is -4.38. The van der Waals surface area contributed by atoms with Gasteiger partial charge in [-0.15, -0.1) is 0 Å². The van der Waals surface area contributed by atoms with E-state index < -0.39 is 23.7 Å². The summed E-state index contributed by atoms with van der Waals surface area (Å²) in [6.07, 6.45) is 1.49. The minimum absolute atomic E-state index is 0.0108. The maximum atomic E-state index is 13.7. The molecule has 10 nitrogen and oxygen atoms in total. The zero-order chi connectivity index (χ0) is 31.7. The van der Waals surface area contributed by atoms with Gasteiger partial charge in [-0.25, -0.2) is 9.78 Å². The average molecular weight is 621 g/mol. The summed E-state index contributed by atoms with van der Waals surface area (Å²) in [6.45, 7) is 10.5. The number of aliphatic hydroxyl groups excluding tert-OH is 1. The summed E-state index contributed by atoms with van der Waals surface area (Å²) in [5.74, 6) is -0.544. The number of aryl methyl sites for hydroxylation is 1. The molecular formula is C33H36N2O8S. The number of fused-ring (bicyclic) bond motifs is 1. The predicted molar refractivity (Wildman–Crippen MR) is 166 cm³/mol. The van der Waals surface area contributed by atoms with Gasteiger partial charge >= 0.3 is 11.9 Å². The van der Waals surface area contributed by atoms with E-state index in [0.29, 0.717) is 59.6 Å². The molecule has 1 aromatic heterocycles. The molecule has 0 radical (unpaired) electrons. The predicted octanol–water partition coefficient (Wildman–Crippen LogP) is 6.01. The Labute approximate surface area is 260 Å². The molecule has 1 N–H and O–H groups in total. The Morgan fingerprint density at radius 2 is 1.93 bits per heavy atom. The van der Waals surface area contributed by atoms with Crippen LogP contribution in [0.15, 0.2) is 42.0 Å². The van der Waals surface area contributed by atoms with Gasteiger partial charge in [-0.3, -0.25) is 14.5 Å². The molecule has 0 unspecified atom stereocenters. The number of esters is 1. The first-order valence-electron chi connectivity index (χ1n) is 14.6. The van der Waals surface area contributed by atoms with Crippen LogP contribution in [0.1, 0.15) is 72.2 Å². The van der Waals surface area contributed by atoms with Crippen molar-refractivity contribution in [2.75, 3.05) is 25.2 Å². The van der Waals surface area contributed by atoms with Crippen molar-refractivity contribution in [3.05, 3.63) is 69.2 Å². The van der Waals surface area contributed by atoms with Crippen molar-refractivity contribution in [1.82, 2.24) is 4.98 Å². The lowest BCUT2D eigenvalue weighted by Gasteiger charge is -2.24. The van der Waals surface area contributed by atoms with Gasteiger partial charge < -0.3 is 24.1 Å². The van der Waals surface area contributed by atoms with Gasteiger partial charge in [-0.05, 0) is 74.6 Å². The van der Waals surface area contributed by atoms with Crippen molar-refractivity contribution in [3.63, 3.8) is 0 Å². The molecule has 2 atom stereocenters. The highest BCUT2D eigenvalue weighted by molar-refractivity contribution is 7.17. The van der Waals surface area contributed by atoms with Crippen LogP contribution in [-0.4, -0.2) is 54.2 Å². The van der Waals surface area contributed by atoms with E-state index >= 15 is 0 Å². The molecule has 0 spiro atoms. The third kappa shape index (κ3) is 5.88. The summed E-state index contributed by atoms with van der Waals surface area (Å²) in [5, 5.41) is 11.8. The number of anilines is 1. The number of ether oxygens (including phenoxy) is 4. The first-order chi connectivity index (χ1) is 21.0.